The van der Waals surface area contributed by atoms with E-state index in [1.807, 2.05) is 0 Å². The van der Waals surface area contributed by atoms with Crippen LogP contribution in [0, 0.1) is 11.3 Å². The van der Waals surface area contributed by atoms with Crippen LogP contribution in [0.25, 0.3) is 11.3 Å². The van der Waals surface area contributed by atoms with Crippen molar-refractivity contribution < 1.29 is 32.7 Å². The van der Waals surface area contributed by atoms with Crippen LogP contribution in [0.15, 0.2) is 24.3 Å². The van der Waals surface area contributed by atoms with Gasteiger partial charge in [0.05, 0.1) is 16.8 Å². The minimum absolute atomic E-state index is 0.119. The number of benzene rings is 1. The first-order chi connectivity index (χ1) is 14.9. The molecular formula is C20H16F3N5O4. The number of nitrogens with zero attached hydrogens (tertiary/aromatic N) is 3. The highest BCUT2D eigenvalue weighted by molar-refractivity contribution is 6.01. The van der Waals surface area contributed by atoms with Crippen molar-refractivity contribution in [3.63, 3.8) is 0 Å². The van der Waals surface area contributed by atoms with Crippen molar-refractivity contribution in [2.75, 3.05) is 5.73 Å². The summed E-state index contributed by atoms with van der Waals surface area (Å²) in [7, 11) is 0. The molecule has 5 N–H and O–H groups in total. The number of hydrogen-bond donors (Lipinski definition) is 3. The van der Waals surface area contributed by atoms with Gasteiger partial charge in [0.15, 0.2) is 0 Å². The van der Waals surface area contributed by atoms with Crippen LogP contribution in [0.2, 0.25) is 0 Å². The van der Waals surface area contributed by atoms with Crippen molar-refractivity contribution >= 4 is 23.6 Å². The molecule has 1 unspecified atom stereocenters. The van der Waals surface area contributed by atoms with Gasteiger partial charge in [-0.25, -0.2) is 4.98 Å². The van der Waals surface area contributed by atoms with Crippen LogP contribution in [0.4, 0.5) is 19.0 Å². The standard InChI is InChI=1S/C20H16F3N5O4/c21-20(22,23)13-6-15(25)27-17(12(13)7-24)9-1-2-11-10(5-9)8-28(19(11)32)14(18(26)31)3-4-16(29)30/h1-2,5-6,14H,3-4,8H2,(H2,25,27)(H2,26,31)(H,29,30). The predicted molar refractivity (Wildman–Crippen MR) is 104 cm³/mol. The number of nitrogens with two attached hydrogens (primary N) is 2. The number of fused-ring (bicyclic) bond motifs is 1. The van der Waals surface area contributed by atoms with Crippen LogP contribution in [-0.4, -0.2) is 38.8 Å². The van der Waals surface area contributed by atoms with E-state index in [9.17, 15) is 32.8 Å². The van der Waals surface area contributed by atoms with Gasteiger partial charge in [-0.3, -0.25) is 14.4 Å². The topological polar surface area (TPSA) is 163 Å². The van der Waals surface area contributed by atoms with Crippen LogP contribution >= 0.6 is 0 Å². The van der Waals surface area contributed by atoms with E-state index in [0.717, 1.165) is 4.90 Å². The molecule has 0 saturated carbocycles. The Morgan fingerprint density at radius 3 is 2.56 bits per heavy atom. The molecule has 1 aromatic carbocycles. The third kappa shape index (κ3) is 4.18. The molecule has 12 heteroatoms. The summed E-state index contributed by atoms with van der Waals surface area (Å²) in [4.78, 5) is 40.4. The Kier molecular flexibility index (Phi) is 5.76. The zero-order valence-corrected chi connectivity index (χ0v) is 16.3. The Labute approximate surface area is 179 Å². The molecule has 0 aliphatic carbocycles. The summed E-state index contributed by atoms with van der Waals surface area (Å²) in [6.45, 7) is -0.119. The molecule has 1 aliphatic rings. The second-order valence-electron chi connectivity index (χ2n) is 7.08. The summed E-state index contributed by atoms with van der Waals surface area (Å²) in [6, 6.07) is 4.94. The highest BCUT2D eigenvalue weighted by atomic mass is 19.4. The van der Waals surface area contributed by atoms with Crippen molar-refractivity contribution in [3.8, 4) is 17.3 Å². The summed E-state index contributed by atoms with van der Waals surface area (Å²) < 4.78 is 40.1. The maximum Gasteiger partial charge on any atom is 0.417 e. The predicted octanol–water partition coefficient (Wildman–Crippen LogP) is 1.90. The zero-order chi connectivity index (χ0) is 23.8. The van der Waals surface area contributed by atoms with Crippen molar-refractivity contribution in [1.29, 1.82) is 5.26 Å². The van der Waals surface area contributed by atoms with Crippen LogP contribution in [0.5, 0.6) is 0 Å². The number of nitriles is 1. The summed E-state index contributed by atoms with van der Waals surface area (Å²) in [5.74, 6) is -3.06. The van der Waals surface area contributed by atoms with E-state index in [1.165, 1.54) is 24.3 Å². The van der Waals surface area contributed by atoms with Crippen molar-refractivity contribution in [1.82, 2.24) is 9.88 Å². The zero-order valence-electron chi connectivity index (χ0n) is 16.3. The molecule has 0 bridgehead atoms. The van der Waals surface area contributed by atoms with Crippen LogP contribution in [-0.2, 0) is 22.3 Å². The molecule has 9 nitrogen and oxygen atoms in total. The summed E-state index contributed by atoms with van der Waals surface area (Å²) in [5.41, 5.74) is 9.26. The largest absolute Gasteiger partial charge is 0.481 e. The number of aromatic nitrogens is 1. The molecule has 2 aromatic rings. The van der Waals surface area contributed by atoms with E-state index >= 15 is 0 Å². The SMILES string of the molecule is N#Cc1c(C(F)(F)F)cc(N)nc1-c1ccc2c(c1)CN(C(CCC(=O)O)C(N)=O)C2=O. The lowest BCUT2D eigenvalue weighted by atomic mass is 9.98. The second-order valence-corrected chi connectivity index (χ2v) is 7.08. The van der Waals surface area contributed by atoms with Gasteiger partial charge in [0.1, 0.15) is 17.9 Å². The van der Waals surface area contributed by atoms with Gasteiger partial charge in [-0.2, -0.15) is 18.4 Å². The maximum atomic E-state index is 13.4. The number of hydrogen-bond acceptors (Lipinski definition) is 6. The van der Waals surface area contributed by atoms with E-state index in [2.05, 4.69) is 4.98 Å². The number of nitrogen functional groups attached to an aromatic ring is 1. The van der Waals surface area contributed by atoms with Crippen molar-refractivity contribution in [2.24, 2.45) is 5.73 Å². The number of aliphatic carboxylic acids is 1. The van der Waals surface area contributed by atoms with E-state index in [-0.39, 0.29) is 29.8 Å². The normalized spacial score (nSPS) is 14.1. The first-order valence-corrected chi connectivity index (χ1v) is 9.17. The molecule has 0 fully saturated rings. The Balaban J connectivity index is 2.03. The number of carbonyl (C=O) groups is 3. The molecule has 2 amide bonds. The van der Waals surface area contributed by atoms with E-state index < -0.39 is 53.4 Å². The first kappa shape index (κ1) is 22.5. The number of carboxylic acids is 1. The van der Waals surface area contributed by atoms with Gasteiger partial charge >= 0.3 is 12.1 Å². The fourth-order valence-corrected chi connectivity index (χ4v) is 3.56. The molecule has 1 atom stereocenters. The minimum atomic E-state index is -4.83. The summed E-state index contributed by atoms with van der Waals surface area (Å²) in [6.07, 6.45) is -5.42. The number of carboxylic acid groups (broad SMARTS) is 1. The van der Waals surface area contributed by atoms with Crippen molar-refractivity contribution in [3.05, 3.63) is 46.5 Å². The first-order valence-electron chi connectivity index (χ1n) is 9.17. The fraction of sp³-hybridized carbons (Fsp3) is 0.250. The second kappa shape index (κ2) is 8.18. The lowest BCUT2D eigenvalue weighted by Crippen LogP contribution is -2.45. The number of pyridine rings is 1. The average molecular weight is 447 g/mol. The van der Waals surface area contributed by atoms with E-state index in [4.69, 9.17) is 16.6 Å². The third-order valence-corrected chi connectivity index (χ3v) is 5.00. The molecule has 32 heavy (non-hydrogen) atoms. The average Bonchev–Trinajstić information content (AvgIpc) is 3.02. The maximum absolute atomic E-state index is 13.4. The Hall–Kier alpha value is -4.14. The smallest absolute Gasteiger partial charge is 0.417 e. The number of rotatable bonds is 6. The molecule has 0 radical (unpaired) electrons. The minimum Gasteiger partial charge on any atom is -0.481 e. The number of anilines is 1. The molecule has 0 spiro atoms. The lowest BCUT2D eigenvalue weighted by Gasteiger charge is -2.24. The molecule has 166 valence electrons. The quantitative estimate of drug-likeness (QED) is 0.609. The number of halogens is 3. The van der Waals surface area contributed by atoms with E-state index in [0.29, 0.717) is 11.6 Å². The van der Waals surface area contributed by atoms with Gasteiger partial charge in [0, 0.05) is 24.1 Å². The Bertz CT molecular complexity index is 1170. The fourth-order valence-electron chi connectivity index (χ4n) is 3.56. The highest BCUT2D eigenvalue weighted by Crippen LogP contribution is 2.38. The molecular weight excluding hydrogens is 431 g/mol. The number of alkyl halides is 3. The Morgan fingerprint density at radius 1 is 1.31 bits per heavy atom. The van der Waals surface area contributed by atoms with Gasteiger partial charge in [-0.1, -0.05) is 6.07 Å². The van der Waals surface area contributed by atoms with E-state index in [1.54, 1.807) is 0 Å². The van der Waals surface area contributed by atoms with Gasteiger partial charge < -0.3 is 21.5 Å². The van der Waals surface area contributed by atoms with Gasteiger partial charge in [0.25, 0.3) is 5.91 Å². The number of primary amides is 1. The molecule has 3 rings (SSSR count). The molecule has 1 aliphatic heterocycles. The van der Waals surface area contributed by atoms with Crippen LogP contribution in [0.3, 0.4) is 0 Å². The molecule has 2 heterocycles. The number of amides is 2. The third-order valence-electron chi connectivity index (χ3n) is 5.00. The van der Waals surface area contributed by atoms with Gasteiger partial charge in [-0.15, -0.1) is 0 Å². The van der Waals surface area contributed by atoms with Crippen LogP contribution < -0.4 is 11.5 Å². The monoisotopic (exact) mass is 447 g/mol. The number of carbonyl (C=O) groups excluding carboxylic acids is 2. The summed E-state index contributed by atoms with van der Waals surface area (Å²) >= 11 is 0. The highest BCUT2D eigenvalue weighted by Gasteiger charge is 2.38. The Morgan fingerprint density at radius 2 is 2.00 bits per heavy atom. The van der Waals surface area contributed by atoms with Gasteiger partial charge in [0.2, 0.25) is 5.91 Å². The summed E-state index contributed by atoms with van der Waals surface area (Å²) in [5, 5.41) is 18.2. The molecule has 1 aromatic heterocycles. The van der Waals surface area contributed by atoms with Gasteiger partial charge in [-0.05, 0) is 30.2 Å². The van der Waals surface area contributed by atoms with Crippen LogP contribution in [0.1, 0.15) is 39.9 Å². The molecule has 0 saturated heterocycles. The van der Waals surface area contributed by atoms with Crippen molar-refractivity contribution in [2.45, 2.75) is 31.6 Å². The lowest BCUT2D eigenvalue weighted by molar-refractivity contribution is -0.138.